The third-order valence-electron chi connectivity index (χ3n) is 3.04. The van der Waals surface area contributed by atoms with Crippen molar-refractivity contribution in [3.8, 4) is 0 Å². The Morgan fingerprint density at radius 2 is 1.71 bits per heavy atom. The first-order chi connectivity index (χ1) is 9.87. The van der Waals surface area contributed by atoms with Crippen LogP contribution in [0.25, 0.3) is 6.08 Å². The van der Waals surface area contributed by atoms with Gasteiger partial charge >= 0.3 is 0 Å². The molecule has 0 aliphatic heterocycles. The summed E-state index contributed by atoms with van der Waals surface area (Å²) in [5.41, 5.74) is 2.39. The van der Waals surface area contributed by atoms with Gasteiger partial charge in [0.2, 0.25) is 0 Å². The van der Waals surface area contributed by atoms with E-state index in [1.54, 1.807) is 0 Å². The van der Waals surface area contributed by atoms with E-state index in [1.165, 1.54) is 31.2 Å². The van der Waals surface area contributed by atoms with E-state index >= 15 is 0 Å². The lowest BCUT2D eigenvalue weighted by Crippen LogP contribution is -2.10. The maximum Gasteiger partial charge on any atom is 0.255 e. The second kappa shape index (κ2) is 6.10. The fourth-order valence-corrected chi connectivity index (χ4v) is 2.68. The van der Waals surface area contributed by atoms with Crippen molar-refractivity contribution in [2.75, 3.05) is 4.72 Å². The molecule has 1 N–H and O–H groups in total. The molecule has 0 fully saturated rings. The fraction of sp³-hybridized carbons (Fsp3) is 0.125. The molecule has 2 aromatic rings. The monoisotopic (exact) mass is 305 g/mol. The molecule has 0 aromatic heterocycles. The van der Waals surface area contributed by atoms with E-state index in [9.17, 15) is 12.8 Å². The molecule has 2 rings (SSSR count). The maximum atomic E-state index is 13.4. The molecule has 0 heterocycles. The Morgan fingerprint density at radius 3 is 2.38 bits per heavy atom. The smallest absolute Gasteiger partial charge is 0.255 e. The Morgan fingerprint density at radius 1 is 1.05 bits per heavy atom. The zero-order valence-electron chi connectivity index (χ0n) is 11.8. The Kier molecular flexibility index (Phi) is 4.43. The predicted octanol–water partition coefficient (Wildman–Crippen LogP) is 3.86. The summed E-state index contributed by atoms with van der Waals surface area (Å²) in [6.45, 7) is 3.48. The SMILES string of the molecule is Cc1ccc(/C=C/S(=O)(=O)Nc2cccc(F)c2C)cc1. The number of nitrogens with one attached hydrogen (secondary N) is 1. The molecular weight excluding hydrogens is 289 g/mol. The first kappa shape index (κ1) is 15.3. The molecule has 0 saturated carbocycles. The largest absolute Gasteiger partial charge is 0.280 e. The van der Waals surface area contributed by atoms with Crippen LogP contribution in [0.15, 0.2) is 47.9 Å². The van der Waals surface area contributed by atoms with Crippen LogP contribution in [-0.4, -0.2) is 8.42 Å². The molecule has 0 unspecified atom stereocenters. The number of aryl methyl sites for hydroxylation is 1. The predicted molar refractivity (Wildman–Crippen MR) is 83.9 cm³/mol. The van der Waals surface area contributed by atoms with Gasteiger partial charge in [0.05, 0.1) is 11.1 Å². The van der Waals surface area contributed by atoms with Crippen molar-refractivity contribution in [3.05, 3.63) is 70.4 Å². The van der Waals surface area contributed by atoms with Crippen LogP contribution in [-0.2, 0) is 10.0 Å². The van der Waals surface area contributed by atoms with Gasteiger partial charge in [-0.15, -0.1) is 0 Å². The van der Waals surface area contributed by atoms with Crippen molar-refractivity contribution in [2.45, 2.75) is 13.8 Å². The average Bonchev–Trinajstić information content (AvgIpc) is 2.43. The molecular formula is C16H16FNO2S. The van der Waals surface area contributed by atoms with E-state index in [-0.39, 0.29) is 11.3 Å². The Labute approximate surface area is 124 Å². The van der Waals surface area contributed by atoms with Gasteiger partial charge in [0.25, 0.3) is 10.0 Å². The highest BCUT2D eigenvalue weighted by Gasteiger charge is 2.09. The Bertz CT molecular complexity index is 765. The fourth-order valence-electron chi connectivity index (χ4n) is 1.75. The summed E-state index contributed by atoms with van der Waals surface area (Å²) in [6.07, 6.45) is 1.50. The summed E-state index contributed by atoms with van der Waals surface area (Å²) in [6, 6.07) is 11.7. The highest BCUT2D eigenvalue weighted by atomic mass is 32.2. The summed E-state index contributed by atoms with van der Waals surface area (Å²) >= 11 is 0. The van der Waals surface area contributed by atoms with E-state index in [4.69, 9.17) is 0 Å². The second-order valence-electron chi connectivity index (χ2n) is 4.77. The minimum Gasteiger partial charge on any atom is -0.280 e. The third kappa shape index (κ3) is 4.16. The average molecular weight is 305 g/mol. The first-order valence-electron chi connectivity index (χ1n) is 6.40. The van der Waals surface area contributed by atoms with Crippen LogP contribution in [0.2, 0.25) is 0 Å². The maximum absolute atomic E-state index is 13.4. The number of hydrogen-bond acceptors (Lipinski definition) is 2. The topological polar surface area (TPSA) is 46.2 Å². The van der Waals surface area contributed by atoms with Gasteiger partial charge in [-0.25, -0.2) is 12.8 Å². The highest BCUT2D eigenvalue weighted by Crippen LogP contribution is 2.19. The van der Waals surface area contributed by atoms with Crippen molar-refractivity contribution in [2.24, 2.45) is 0 Å². The van der Waals surface area contributed by atoms with Crippen molar-refractivity contribution in [3.63, 3.8) is 0 Å². The third-order valence-corrected chi connectivity index (χ3v) is 4.04. The number of halogens is 1. The standard InChI is InChI=1S/C16H16FNO2S/c1-12-6-8-14(9-7-12)10-11-21(19,20)18-16-5-3-4-15(17)13(16)2/h3-11,18H,1-2H3/b11-10+. The summed E-state index contributed by atoms with van der Waals surface area (Å²) in [5, 5.41) is 1.07. The molecule has 0 saturated heterocycles. The normalized spacial score (nSPS) is 11.8. The van der Waals surface area contributed by atoms with E-state index in [2.05, 4.69) is 4.72 Å². The Balaban J connectivity index is 2.19. The van der Waals surface area contributed by atoms with Gasteiger partial charge in [-0.1, -0.05) is 35.9 Å². The van der Waals surface area contributed by atoms with Gasteiger partial charge in [0.15, 0.2) is 0 Å². The summed E-state index contributed by atoms with van der Waals surface area (Å²) in [4.78, 5) is 0. The van der Waals surface area contributed by atoms with Crippen molar-refractivity contribution in [1.82, 2.24) is 0 Å². The minimum atomic E-state index is -3.68. The number of anilines is 1. The van der Waals surface area contributed by atoms with E-state index in [0.29, 0.717) is 0 Å². The van der Waals surface area contributed by atoms with Crippen molar-refractivity contribution in [1.29, 1.82) is 0 Å². The van der Waals surface area contributed by atoms with E-state index < -0.39 is 15.8 Å². The second-order valence-corrected chi connectivity index (χ2v) is 6.34. The molecule has 21 heavy (non-hydrogen) atoms. The molecule has 0 aliphatic rings. The van der Waals surface area contributed by atoms with Crippen LogP contribution in [0.5, 0.6) is 0 Å². The van der Waals surface area contributed by atoms with Crippen LogP contribution >= 0.6 is 0 Å². The van der Waals surface area contributed by atoms with Crippen LogP contribution in [0.1, 0.15) is 16.7 Å². The van der Waals surface area contributed by atoms with Crippen LogP contribution in [0.4, 0.5) is 10.1 Å². The van der Waals surface area contributed by atoms with Gasteiger partial charge < -0.3 is 0 Å². The molecule has 0 amide bonds. The minimum absolute atomic E-state index is 0.239. The van der Waals surface area contributed by atoms with Crippen LogP contribution in [0, 0.1) is 19.7 Å². The molecule has 110 valence electrons. The first-order valence-corrected chi connectivity index (χ1v) is 7.95. The number of sulfonamides is 1. The number of hydrogen-bond donors (Lipinski definition) is 1. The molecule has 0 spiro atoms. The summed E-state index contributed by atoms with van der Waals surface area (Å²) in [7, 11) is -3.68. The molecule has 2 aromatic carbocycles. The zero-order valence-corrected chi connectivity index (χ0v) is 12.6. The van der Waals surface area contributed by atoms with Crippen LogP contribution < -0.4 is 4.72 Å². The molecule has 0 radical (unpaired) electrons. The number of benzene rings is 2. The van der Waals surface area contributed by atoms with Gasteiger partial charge in [0.1, 0.15) is 5.82 Å². The van der Waals surface area contributed by atoms with Gasteiger partial charge in [-0.05, 0) is 37.6 Å². The summed E-state index contributed by atoms with van der Waals surface area (Å²) < 4.78 is 39.7. The van der Waals surface area contributed by atoms with Gasteiger partial charge in [-0.2, -0.15) is 0 Å². The highest BCUT2D eigenvalue weighted by molar-refractivity contribution is 7.95. The quantitative estimate of drug-likeness (QED) is 0.932. The van der Waals surface area contributed by atoms with Crippen molar-refractivity contribution >= 4 is 21.8 Å². The van der Waals surface area contributed by atoms with E-state index in [0.717, 1.165) is 16.5 Å². The molecule has 0 atom stereocenters. The molecule has 0 bridgehead atoms. The van der Waals surface area contributed by atoms with Crippen molar-refractivity contribution < 1.29 is 12.8 Å². The van der Waals surface area contributed by atoms with E-state index in [1.807, 2.05) is 31.2 Å². The lowest BCUT2D eigenvalue weighted by molar-refractivity contribution is 0.609. The molecule has 0 aliphatic carbocycles. The molecule has 5 heteroatoms. The van der Waals surface area contributed by atoms with Crippen LogP contribution in [0.3, 0.4) is 0 Å². The lowest BCUT2D eigenvalue weighted by Gasteiger charge is -2.08. The lowest BCUT2D eigenvalue weighted by atomic mass is 10.2. The number of rotatable bonds is 4. The van der Waals surface area contributed by atoms with Gasteiger partial charge in [0, 0.05) is 5.56 Å². The molecule has 3 nitrogen and oxygen atoms in total. The summed E-state index contributed by atoms with van der Waals surface area (Å²) in [5.74, 6) is -0.447. The zero-order chi connectivity index (χ0) is 15.5. The van der Waals surface area contributed by atoms with Gasteiger partial charge in [-0.3, -0.25) is 4.72 Å². The Hall–Kier alpha value is -2.14.